The molecule has 0 aromatic heterocycles. The second-order valence-electron chi connectivity index (χ2n) is 17.1. The van der Waals surface area contributed by atoms with Gasteiger partial charge < -0.3 is 30.5 Å². The van der Waals surface area contributed by atoms with E-state index >= 15 is 0 Å². The minimum atomic E-state index is -0.786. The highest BCUT2D eigenvalue weighted by molar-refractivity contribution is 5.83. The van der Waals surface area contributed by atoms with Gasteiger partial charge in [-0.1, -0.05) is 51.4 Å². The van der Waals surface area contributed by atoms with E-state index in [-0.39, 0.29) is 35.4 Å². The number of hydrogen-bond acceptors (Lipinski definition) is 7. The fraction of sp³-hybridized carbons (Fsp3) is 0.921. The molecule has 1 saturated heterocycles. The SMILES string of the molecule is COC1CCC(COC(=O)NC2CCC2C(=O)N[C@@H](CC2CCCCC2)C(O)CN2CC3CCCCC3C[C@H]2C(=O)NC(C)(C)C)CC1. The third-order valence-electron chi connectivity index (χ3n) is 12.3. The van der Waals surface area contributed by atoms with Crippen molar-refractivity contribution in [1.29, 1.82) is 0 Å². The molecule has 0 radical (unpaired) electrons. The lowest BCUT2D eigenvalue weighted by molar-refractivity contribution is -0.134. The van der Waals surface area contributed by atoms with Gasteiger partial charge in [0.25, 0.3) is 0 Å². The summed E-state index contributed by atoms with van der Waals surface area (Å²) in [6.45, 7) is 7.63. The number of amides is 3. The summed E-state index contributed by atoms with van der Waals surface area (Å²) in [5, 5.41) is 21.3. The van der Waals surface area contributed by atoms with Crippen LogP contribution in [-0.4, -0.2) is 90.6 Å². The van der Waals surface area contributed by atoms with Crippen molar-refractivity contribution in [2.24, 2.45) is 29.6 Å². The highest BCUT2D eigenvalue weighted by Gasteiger charge is 2.43. The van der Waals surface area contributed by atoms with Crippen LogP contribution in [0.2, 0.25) is 0 Å². The average molecular weight is 675 g/mol. The van der Waals surface area contributed by atoms with Gasteiger partial charge in [0.2, 0.25) is 11.8 Å². The molecular weight excluding hydrogens is 608 g/mol. The van der Waals surface area contributed by atoms with E-state index < -0.39 is 18.2 Å². The monoisotopic (exact) mass is 674 g/mol. The Morgan fingerprint density at radius 3 is 2.17 bits per heavy atom. The van der Waals surface area contributed by atoms with Gasteiger partial charge in [0, 0.05) is 31.8 Å². The summed E-state index contributed by atoms with van der Waals surface area (Å²) in [6, 6.07) is -0.929. The average Bonchev–Trinajstić information content (AvgIpc) is 3.05. The minimum absolute atomic E-state index is 0.0458. The zero-order valence-electron chi connectivity index (χ0n) is 30.4. The van der Waals surface area contributed by atoms with Gasteiger partial charge in [-0.15, -0.1) is 0 Å². The summed E-state index contributed by atoms with van der Waals surface area (Å²) in [6.07, 6.45) is 16.8. The molecule has 1 aliphatic heterocycles. The van der Waals surface area contributed by atoms with E-state index in [1.165, 1.54) is 44.9 Å². The van der Waals surface area contributed by atoms with Crippen LogP contribution in [0.25, 0.3) is 0 Å². The Morgan fingerprint density at radius 2 is 1.52 bits per heavy atom. The van der Waals surface area contributed by atoms with Crippen molar-refractivity contribution in [2.45, 2.75) is 166 Å². The van der Waals surface area contributed by atoms with E-state index in [9.17, 15) is 19.5 Å². The number of aliphatic hydroxyl groups is 1. The fourth-order valence-electron chi connectivity index (χ4n) is 9.29. The smallest absolute Gasteiger partial charge is 0.407 e. The third kappa shape index (κ3) is 10.5. The molecule has 3 amide bonds. The molecule has 1 heterocycles. The first-order valence-corrected chi connectivity index (χ1v) is 19.5. The summed E-state index contributed by atoms with van der Waals surface area (Å²) < 4.78 is 11.0. The number of rotatable bonds is 12. The number of ether oxygens (including phenoxy) is 2. The number of aliphatic hydroxyl groups excluding tert-OH is 1. The van der Waals surface area contributed by atoms with Crippen molar-refractivity contribution >= 4 is 17.9 Å². The maximum absolute atomic E-state index is 13.7. The van der Waals surface area contributed by atoms with Crippen LogP contribution in [-0.2, 0) is 19.1 Å². The summed E-state index contributed by atoms with van der Waals surface area (Å²) in [4.78, 5) is 42.3. The molecule has 274 valence electrons. The van der Waals surface area contributed by atoms with E-state index in [0.29, 0.717) is 49.3 Å². The highest BCUT2D eigenvalue weighted by Crippen LogP contribution is 2.39. The number of fused-ring (bicyclic) bond motifs is 1. The zero-order valence-corrected chi connectivity index (χ0v) is 30.4. The third-order valence-corrected chi connectivity index (χ3v) is 12.3. The quantitative estimate of drug-likeness (QED) is 0.221. The number of β-amino-alcohol motifs (C(OH)–C–C–N with tert-alkyl or cyclic N) is 1. The summed E-state index contributed by atoms with van der Waals surface area (Å²) in [5.74, 6) is 1.54. The molecule has 4 N–H and O–H groups in total. The topological polar surface area (TPSA) is 129 Å². The number of carbonyl (C=O) groups excluding carboxylic acids is 3. The molecule has 0 aromatic carbocycles. The standard InChI is InChI=1S/C38H66N4O6/c1-38(2,3)41-36(45)33-21-27-12-8-9-13-28(27)22-42(33)23-34(43)32(20-25-10-6-5-7-11-25)39-35(44)30-18-19-31(30)40-37(46)48-24-26-14-16-29(47-4)17-15-26/h25-34,43H,5-24H2,1-4H3,(H,39,44)(H,40,46)(H,41,45)/t26?,27?,28?,29?,30?,31?,32-,33-,34?/m0/s1. The molecule has 5 unspecified atom stereocenters. The molecule has 0 bridgehead atoms. The van der Waals surface area contributed by atoms with Crippen LogP contribution >= 0.6 is 0 Å². The Hall–Kier alpha value is -1.91. The molecule has 0 spiro atoms. The lowest BCUT2D eigenvalue weighted by Crippen LogP contribution is -2.61. The molecule has 4 aliphatic carbocycles. The zero-order chi connectivity index (χ0) is 34.3. The number of nitrogens with one attached hydrogen (secondary N) is 3. The molecule has 10 nitrogen and oxygen atoms in total. The van der Waals surface area contributed by atoms with Crippen molar-refractivity contribution in [2.75, 3.05) is 26.8 Å². The number of methoxy groups -OCH3 is 1. The summed E-state index contributed by atoms with van der Waals surface area (Å²) >= 11 is 0. The van der Waals surface area contributed by atoms with Crippen LogP contribution in [0.5, 0.6) is 0 Å². The molecule has 5 fully saturated rings. The molecule has 4 saturated carbocycles. The first-order valence-electron chi connectivity index (χ1n) is 19.5. The van der Waals surface area contributed by atoms with Gasteiger partial charge in [0.05, 0.1) is 36.8 Å². The van der Waals surface area contributed by atoms with Crippen molar-refractivity contribution in [3.63, 3.8) is 0 Å². The second-order valence-corrected chi connectivity index (χ2v) is 17.1. The van der Waals surface area contributed by atoms with Crippen LogP contribution in [0.4, 0.5) is 4.79 Å². The summed E-state index contributed by atoms with van der Waals surface area (Å²) in [5.41, 5.74) is -0.328. The molecule has 7 atom stereocenters. The second kappa shape index (κ2) is 17.3. The molecular formula is C38H66N4O6. The van der Waals surface area contributed by atoms with Crippen molar-refractivity contribution < 1.29 is 29.0 Å². The Kier molecular flexibility index (Phi) is 13.5. The van der Waals surface area contributed by atoms with E-state index in [1.807, 2.05) is 20.8 Å². The van der Waals surface area contributed by atoms with Gasteiger partial charge in [0.1, 0.15) is 0 Å². The molecule has 48 heavy (non-hydrogen) atoms. The van der Waals surface area contributed by atoms with E-state index in [1.54, 1.807) is 7.11 Å². The highest BCUT2D eigenvalue weighted by atomic mass is 16.5. The van der Waals surface area contributed by atoms with E-state index in [4.69, 9.17) is 9.47 Å². The van der Waals surface area contributed by atoms with Crippen LogP contribution < -0.4 is 16.0 Å². The van der Waals surface area contributed by atoms with Gasteiger partial charge in [-0.25, -0.2) is 4.79 Å². The number of nitrogens with zero attached hydrogens (tertiary/aromatic N) is 1. The van der Waals surface area contributed by atoms with E-state index in [0.717, 1.165) is 64.3 Å². The minimum Gasteiger partial charge on any atom is -0.449 e. The Labute approximate surface area is 289 Å². The van der Waals surface area contributed by atoms with Gasteiger partial charge in [-0.05, 0) is 102 Å². The number of alkyl carbamates (subject to hydrolysis) is 1. The maximum atomic E-state index is 13.7. The van der Waals surface area contributed by atoms with Crippen molar-refractivity contribution in [1.82, 2.24) is 20.9 Å². The van der Waals surface area contributed by atoms with Gasteiger partial charge in [-0.2, -0.15) is 0 Å². The first-order chi connectivity index (χ1) is 23.0. The van der Waals surface area contributed by atoms with Crippen molar-refractivity contribution in [3.8, 4) is 0 Å². The Bertz CT molecular complexity index is 1050. The number of carbonyl (C=O) groups is 3. The lowest BCUT2D eigenvalue weighted by atomic mass is 9.72. The predicted molar refractivity (Wildman–Crippen MR) is 186 cm³/mol. The number of hydrogen-bond donors (Lipinski definition) is 4. The number of likely N-dealkylation sites (tertiary alicyclic amines) is 1. The first kappa shape index (κ1) is 37.3. The Balaban J connectivity index is 1.19. The van der Waals surface area contributed by atoms with Crippen LogP contribution in [0.1, 0.15) is 130 Å². The van der Waals surface area contributed by atoms with E-state index in [2.05, 4.69) is 20.9 Å². The van der Waals surface area contributed by atoms with Crippen LogP contribution in [0.15, 0.2) is 0 Å². The van der Waals surface area contributed by atoms with Crippen molar-refractivity contribution in [3.05, 3.63) is 0 Å². The molecule has 5 aliphatic rings. The molecule has 0 aromatic rings. The van der Waals surface area contributed by atoms with Gasteiger partial charge in [-0.3, -0.25) is 14.5 Å². The normalized spacial score (nSPS) is 33.0. The number of piperidine rings is 1. The summed E-state index contributed by atoms with van der Waals surface area (Å²) in [7, 11) is 1.75. The fourth-order valence-corrected chi connectivity index (χ4v) is 9.29. The lowest BCUT2D eigenvalue weighted by Gasteiger charge is -2.47. The predicted octanol–water partition coefficient (Wildman–Crippen LogP) is 5.31. The van der Waals surface area contributed by atoms with Crippen LogP contribution in [0, 0.1) is 29.6 Å². The van der Waals surface area contributed by atoms with Crippen LogP contribution in [0.3, 0.4) is 0 Å². The Morgan fingerprint density at radius 1 is 0.833 bits per heavy atom. The maximum Gasteiger partial charge on any atom is 0.407 e. The largest absolute Gasteiger partial charge is 0.449 e. The van der Waals surface area contributed by atoms with Gasteiger partial charge >= 0.3 is 6.09 Å². The molecule has 10 heteroatoms. The molecule has 5 rings (SSSR count). The van der Waals surface area contributed by atoms with Gasteiger partial charge in [0.15, 0.2) is 0 Å².